The number of aromatic amines is 1. The van der Waals surface area contributed by atoms with E-state index < -0.39 is 0 Å². The largest absolute Gasteiger partial charge is 0.323 e. The smallest absolute Gasteiger partial charge is 0.161 e. The third-order valence-corrected chi connectivity index (χ3v) is 3.08. The molecule has 110 valence electrons. The summed E-state index contributed by atoms with van der Waals surface area (Å²) in [4.78, 5) is 8.62. The molecule has 22 heavy (non-hydrogen) atoms. The summed E-state index contributed by atoms with van der Waals surface area (Å²) in [6, 6.07) is 9.68. The van der Waals surface area contributed by atoms with E-state index in [1.807, 2.05) is 13.0 Å². The molecule has 5 nitrogen and oxygen atoms in total. The van der Waals surface area contributed by atoms with Crippen LogP contribution in [-0.2, 0) is 0 Å². The van der Waals surface area contributed by atoms with Gasteiger partial charge in [-0.1, -0.05) is 18.7 Å². The van der Waals surface area contributed by atoms with Gasteiger partial charge < -0.3 is 5.32 Å². The highest BCUT2D eigenvalue weighted by Gasteiger charge is 2.08. The zero-order valence-corrected chi connectivity index (χ0v) is 12.0. The Kier molecular flexibility index (Phi) is 3.65. The number of nitrogens with one attached hydrogen (secondary N) is 2. The second-order valence-corrected chi connectivity index (χ2v) is 4.81. The fourth-order valence-electron chi connectivity index (χ4n) is 1.97. The number of anilines is 2. The standard InChI is InChI=1S/C16H14FN5/c1-10-9-15(22-21-10)19-14-7-8-18-16(20-14)11(2)12-3-5-13(17)6-4-12/h3-9H,2H2,1H3,(H2,18,19,20,21,22). The fourth-order valence-corrected chi connectivity index (χ4v) is 1.97. The average Bonchev–Trinajstić information content (AvgIpc) is 2.93. The van der Waals surface area contributed by atoms with E-state index in [0.717, 1.165) is 11.3 Å². The summed E-state index contributed by atoms with van der Waals surface area (Å²) in [6.45, 7) is 5.90. The number of rotatable bonds is 4. The second kappa shape index (κ2) is 5.77. The third kappa shape index (κ3) is 3.01. The SMILES string of the molecule is C=C(c1ccc(F)cc1)c1nccc(Nc2cc(C)[nH]n2)n1. The number of aryl methyl sites for hydroxylation is 1. The molecule has 2 N–H and O–H groups in total. The number of benzene rings is 1. The van der Waals surface area contributed by atoms with E-state index in [2.05, 4.69) is 32.1 Å². The highest BCUT2D eigenvalue weighted by molar-refractivity contribution is 5.74. The van der Waals surface area contributed by atoms with E-state index in [1.54, 1.807) is 24.4 Å². The number of halogens is 1. The molecule has 0 aliphatic heterocycles. The maximum atomic E-state index is 13.0. The van der Waals surface area contributed by atoms with Crippen molar-refractivity contribution in [3.63, 3.8) is 0 Å². The van der Waals surface area contributed by atoms with Crippen molar-refractivity contribution < 1.29 is 4.39 Å². The first-order valence-corrected chi connectivity index (χ1v) is 6.69. The van der Waals surface area contributed by atoms with Gasteiger partial charge in [0.05, 0.1) is 0 Å². The average molecular weight is 295 g/mol. The van der Waals surface area contributed by atoms with Crippen LogP contribution in [0.4, 0.5) is 16.0 Å². The first kappa shape index (κ1) is 13.9. The number of hydrogen-bond donors (Lipinski definition) is 2. The highest BCUT2D eigenvalue weighted by atomic mass is 19.1. The molecule has 0 amide bonds. The molecule has 0 atom stereocenters. The summed E-state index contributed by atoms with van der Waals surface area (Å²) in [5, 5.41) is 10.0. The zero-order chi connectivity index (χ0) is 15.5. The summed E-state index contributed by atoms with van der Waals surface area (Å²) in [5.41, 5.74) is 2.35. The van der Waals surface area contributed by atoms with Crippen LogP contribution in [0.3, 0.4) is 0 Å². The molecule has 1 aromatic carbocycles. The van der Waals surface area contributed by atoms with Crippen LogP contribution in [0.1, 0.15) is 17.1 Å². The molecule has 6 heteroatoms. The Balaban J connectivity index is 1.84. The summed E-state index contributed by atoms with van der Waals surface area (Å²) in [6.07, 6.45) is 1.64. The van der Waals surface area contributed by atoms with Crippen molar-refractivity contribution in [2.75, 3.05) is 5.32 Å². The van der Waals surface area contributed by atoms with Crippen molar-refractivity contribution in [2.45, 2.75) is 6.92 Å². The van der Waals surface area contributed by atoms with Gasteiger partial charge in [-0.3, -0.25) is 5.10 Å². The maximum Gasteiger partial charge on any atom is 0.161 e. The molecule has 0 aliphatic carbocycles. The van der Waals surface area contributed by atoms with E-state index in [4.69, 9.17) is 0 Å². The molecule has 0 saturated heterocycles. The molecule has 0 fully saturated rings. The van der Waals surface area contributed by atoms with E-state index >= 15 is 0 Å². The Morgan fingerprint density at radius 1 is 1.18 bits per heavy atom. The van der Waals surface area contributed by atoms with Crippen LogP contribution in [-0.4, -0.2) is 20.2 Å². The van der Waals surface area contributed by atoms with Crippen LogP contribution in [0.2, 0.25) is 0 Å². The number of nitrogens with zero attached hydrogens (tertiary/aromatic N) is 3. The number of aromatic nitrogens is 4. The van der Waals surface area contributed by atoms with Gasteiger partial charge in [-0.15, -0.1) is 0 Å². The zero-order valence-electron chi connectivity index (χ0n) is 12.0. The molecule has 0 radical (unpaired) electrons. The lowest BCUT2D eigenvalue weighted by atomic mass is 10.1. The lowest BCUT2D eigenvalue weighted by Gasteiger charge is -2.07. The molecule has 0 unspecified atom stereocenters. The Morgan fingerprint density at radius 2 is 1.95 bits per heavy atom. The van der Waals surface area contributed by atoms with Gasteiger partial charge in [-0.25, -0.2) is 14.4 Å². The predicted molar refractivity (Wildman–Crippen MR) is 83.2 cm³/mol. The normalized spacial score (nSPS) is 10.5. The van der Waals surface area contributed by atoms with Crippen LogP contribution in [0.25, 0.3) is 5.57 Å². The maximum absolute atomic E-state index is 13.0. The molecule has 2 aromatic heterocycles. The topological polar surface area (TPSA) is 66.5 Å². The molecule has 0 saturated carbocycles. The van der Waals surface area contributed by atoms with E-state index in [9.17, 15) is 4.39 Å². The second-order valence-electron chi connectivity index (χ2n) is 4.81. The first-order valence-electron chi connectivity index (χ1n) is 6.69. The Morgan fingerprint density at radius 3 is 2.64 bits per heavy atom. The van der Waals surface area contributed by atoms with Crippen molar-refractivity contribution in [2.24, 2.45) is 0 Å². The van der Waals surface area contributed by atoms with Crippen LogP contribution in [0.5, 0.6) is 0 Å². The van der Waals surface area contributed by atoms with Gasteiger partial charge in [-0.05, 0) is 30.7 Å². The minimum absolute atomic E-state index is 0.290. The first-order chi connectivity index (χ1) is 10.6. The van der Waals surface area contributed by atoms with E-state index in [1.165, 1.54) is 12.1 Å². The highest BCUT2D eigenvalue weighted by Crippen LogP contribution is 2.20. The minimum Gasteiger partial charge on any atom is -0.323 e. The molecule has 0 spiro atoms. The van der Waals surface area contributed by atoms with Gasteiger partial charge in [0.2, 0.25) is 0 Å². The van der Waals surface area contributed by atoms with Crippen molar-refractivity contribution >= 4 is 17.2 Å². The van der Waals surface area contributed by atoms with E-state index in [0.29, 0.717) is 23.0 Å². The van der Waals surface area contributed by atoms with Crippen molar-refractivity contribution in [3.05, 3.63) is 72.1 Å². The Bertz CT molecular complexity index is 807. The lowest BCUT2D eigenvalue weighted by Crippen LogP contribution is -2.00. The summed E-state index contributed by atoms with van der Waals surface area (Å²) < 4.78 is 13.0. The molecular formula is C16H14FN5. The van der Waals surface area contributed by atoms with Gasteiger partial charge in [0, 0.05) is 23.5 Å². The van der Waals surface area contributed by atoms with Gasteiger partial charge in [-0.2, -0.15) is 5.10 Å². The minimum atomic E-state index is -0.290. The quantitative estimate of drug-likeness (QED) is 0.773. The Hall–Kier alpha value is -3.02. The van der Waals surface area contributed by atoms with Crippen LogP contribution in [0, 0.1) is 12.7 Å². The lowest BCUT2D eigenvalue weighted by molar-refractivity contribution is 0.627. The molecule has 0 bridgehead atoms. The monoisotopic (exact) mass is 295 g/mol. The Labute approximate surface area is 127 Å². The number of hydrogen-bond acceptors (Lipinski definition) is 4. The van der Waals surface area contributed by atoms with E-state index in [-0.39, 0.29) is 5.82 Å². The van der Waals surface area contributed by atoms with Gasteiger partial charge in [0.25, 0.3) is 0 Å². The molecule has 2 heterocycles. The van der Waals surface area contributed by atoms with Crippen molar-refractivity contribution in [1.29, 1.82) is 0 Å². The number of H-pyrrole nitrogens is 1. The summed E-state index contributed by atoms with van der Waals surface area (Å²) >= 11 is 0. The van der Waals surface area contributed by atoms with Crippen LogP contribution in [0.15, 0.2) is 49.2 Å². The molecular weight excluding hydrogens is 281 g/mol. The van der Waals surface area contributed by atoms with Crippen LogP contribution >= 0.6 is 0 Å². The molecule has 0 aliphatic rings. The fraction of sp³-hybridized carbons (Fsp3) is 0.0625. The molecule has 3 aromatic rings. The van der Waals surface area contributed by atoms with Crippen molar-refractivity contribution in [3.8, 4) is 0 Å². The van der Waals surface area contributed by atoms with Gasteiger partial charge >= 0.3 is 0 Å². The summed E-state index contributed by atoms with van der Waals surface area (Å²) in [5.74, 6) is 1.47. The third-order valence-electron chi connectivity index (χ3n) is 3.08. The summed E-state index contributed by atoms with van der Waals surface area (Å²) in [7, 11) is 0. The van der Waals surface area contributed by atoms with Crippen molar-refractivity contribution in [1.82, 2.24) is 20.2 Å². The van der Waals surface area contributed by atoms with Crippen LogP contribution < -0.4 is 5.32 Å². The van der Waals surface area contributed by atoms with Gasteiger partial charge in [0.1, 0.15) is 11.6 Å². The predicted octanol–water partition coefficient (Wildman–Crippen LogP) is 3.45. The molecule has 3 rings (SSSR count). The van der Waals surface area contributed by atoms with Gasteiger partial charge in [0.15, 0.2) is 11.6 Å².